The van der Waals surface area contributed by atoms with Gasteiger partial charge in [-0.1, -0.05) is 45.2 Å². The molecule has 0 amide bonds. The highest BCUT2D eigenvalue weighted by atomic mass is 79.9. The topological polar surface area (TPSA) is 12.0 Å². The minimum absolute atomic E-state index is 0.0405. The Labute approximate surface area is 136 Å². The summed E-state index contributed by atoms with van der Waals surface area (Å²) in [6.45, 7) is 3.88. The number of hydrogen-bond acceptors (Lipinski definition) is 1. The summed E-state index contributed by atoms with van der Waals surface area (Å²) < 4.78 is 13.8. The van der Waals surface area contributed by atoms with E-state index in [9.17, 15) is 4.39 Å². The second kappa shape index (κ2) is 6.33. The molecule has 0 aliphatic rings. The number of benzene rings is 2. The first-order valence-electron chi connectivity index (χ1n) is 6.05. The zero-order chi connectivity index (χ0) is 14.9. The van der Waals surface area contributed by atoms with Gasteiger partial charge in [-0.2, -0.15) is 0 Å². The van der Waals surface area contributed by atoms with Gasteiger partial charge in [0.25, 0.3) is 0 Å². The van der Waals surface area contributed by atoms with E-state index in [1.165, 1.54) is 12.1 Å². The average molecular weight is 377 g/mol. The monoisotopic (exact) mass is 375 g/mol. The number of rotatable bonds is 3. The van der Waals surface area contributed by atoms with Gasteiger partial charge in [-0.3, -0.25) is 0 Å². The van der Waals surface area contributed by atoms with E-state index >= 15 is 0 Å². The quantitative estimate of drug-likeness (QED) is 0.655. The summed E-state index contributed by atoms with van der Waals surface area (Å²) in [4.78, 5) is 0. The highest BCUT2D eigenvalue weighted by Crippen LogP contribution is 2.33. The van der Waals surface area contributed by atoms with Crippen molar-refractivity contribution >= 4 is 44.8 Å². The van der Waals surface area contributed by atoms with Gasteiger partial charge in [-0.15, -0.1) is 0 Å². The normalized spacial score (nSPS) is 12.3. The highest BCUT2D eigenvalue weighted by molar-refractivity contribution is 9.10. The van der Waals surface area contributed by atoms with E-state index in [0.717, 1.165) is 16.8 Å². The van der Waals surface area contributed by atoms with Crippen molar-refractivity contribution in [2.75, 3.05) is 5.32 Å². The van der Waals surface area contributed by atoms with E-state index in [1.54, 1.807) is 12.1 Å². The molecular formula is C15H13BrCl2FN. The second-order valence-electron chi connectivity index (χ2n) is 4.61. The Balaban J connectivity index is 2.27. The molecule has 0 aliphatic carbocycles. The Bertz CT molecular complexity index is 646. The molecule has 0 bridgehead atoms. The third-order valence-corrected chi connectivity index (χ3v) is 4.46. The summed E-state index contributed by atoms with van der Waals surface area (Å²) in [6.07, 6.45) is 0. The van der Waals surface area contributed by atoms with Gasteiger partial charge in [0, 0.05) is 15.5 Å². The van der Waals surface area contributed by atoms with Crippen LogP contribution in [0.5, 0.6) is 0 Å². The zero-order valence-electron chi connectivity index (χ0n) is 11.0. The highest BCUT2D eigenvalue weighted by Gasteiger charge is 2.12. The Morgan fingerprint density at radius 2 is 1.85 bits per heavy atom. The SMILES string of the molecule is Cc1cc(Cl)c(NC(C)c2ccc(F)cc2Br)cc1Cl. The van der Waals surface area contributed by atoms with E-state index in [0.29, 0.717) is 14.5 Å². The molecule has 20 heavy (non-hydrogen) atoms. The van der Waals surface area contributed by atoms with Gasteiger partial charge in [0.1, 0.15) is 5.82 Å². The Morgan fingerprint density at radius 3 is 2.50 bits per heavy atom. The lowest BCUT2D eigenvalue weighted by atomic mass is 10.1. The molecule has 0 heterocycles. The van der Waals surface area contributed by atoms with Crippen LogP contribution in [0.2, 0.25) is 10.0 Å². The van der Waals surface area contributed by atoms with Gasteiger partial charge < -0.3 is 5.32 Å². The second-order valence-corrected chi connectivity index (χ2v) is 6.28. The summed E-state index contributed by atoms with van der Waals surface area (Å²) in [5, 5.41) is 4.55. The molecule has 0 aromatic heterocycles. The Hall–Kier alpha value is -0.770. The zero-order valence-corrected chi connectivity index (χ0v) is 14.1. The van der Waals surface area contributed by atoms with E-state index in [-0.39, 0.29) is 11.9 Å². The molecule has 0 fully saturated rings. The van der Waals surface area contributed by atoms with Crippen molar-refractivity contribution in [1.82, 2.24) is 0 Å². The Kier molecular flexibility index (Phi) is 4.95. The van der Waals surface area contributed by atoms with Crippen LogP contribution in [0.25, 0.3) is 0 Å². The lowest BCUT2D eigenvalue weighted by Crippen LogP contribution is -2.08. The first-order chi connectivity index (χ1) is 9.38. The summed E-state index contributed by atoms with van der Waals surface area (Å²) in [5.41, 5.74) is 2.63. The largest absolute Gasteiger partial charge is 0.377 e. The Morgan fingerprint density at radius 1 is 1.15 bits per heavy atom. The van der Waals surface area contributed by atoms with Gasteiger partial charge in [-0.25, -0.2) is 4.39 Å². The molecule has 5 heteroatoms. The molecule has 1 unspecified atom stereocenters. The van der Waals surface area contributed by atoms with Crippen LogP contribution in [0, 0.1) is 12.7 Å². The first-order valence-corrected chi connectivity index (χ1v) is 7.60. The standard InChI is InChI=1S/C15H13BrCl2FN/c1-8-5-14(18)15(7-13(8)17)20-9(2)11-4-3-10(19)6-12(11)16/h3-7,9,20H,1-2H3. The minimum atomic E-state index is -0.274. The maximum atomic E-state index is 13.1. The molecule has 0 radical (unpaired) electrons. The third-order valence-electron chi connectivity index (χ3n) is 3.05. The number of hydrogen-bond donors (Lipinski definition) is 1. The van der Waals surface area contributed by atoms with Crippen molar-refractivity contribution in [3.8, 4) is 0 Å². The van der Waals surface area contributed by atoms with Crippen molar-refractivity contribution in [3.63, 3.8) is 0 Å². The van der Waals surface area contributed by atoms with Gasteiger partial charge in [-0.05, 0) is 49.2 Å². The molecule has 1 nitrogen and oxygen atoms in total. The van der Waals surface area contributed by atoms with Crippen LogP contribution in [-0.2, 0) is 0 Å². The number of anilines is 1. The molecule has 106 valence electrons. The van der Waals surface area contributed by atoms with Crippen LogP contribution in [0.4, 0.5) is 10.1 Å². The van der Waals surface area contributed by atoms with Gasteiger partial charge in [0.05, 0.1) is 10.7 Å². The van der Waals surface area contributed by atoms with E-state index in [1.807, 2.05) is 19.9 Å². The van der Waals surface area contributed by atoms with Crippen molar-refractivity contribution in [2.24, 2.45) is 0 Å². The number of aryl methyl sites for hydroxylation is 1. The molecule has 2 rings (SSSR count). The first kappa shape index (κ1) is 15.6. The molecule has 0 spiro atoms. The molecule has 1 atom stereocenters. The van der Waals surface area contributed by atoms with Gasteiger partial charge >= 0.3 is 0 Å². The number of halogens is 4. The molecule has 0 saturated carbocycles. The molecule has 1 N–H and O–H groups in total. The van der Waals surface area contributed by atoms with Crippen molar-refractivity contribution in [2.45, 2.75) is 19.9 Å². The smallest absolute Gasteiger partial charge is 0.124 e. The van der Waals surface area contributed by atoms with E-state index in [2.05, 4.69) is 21.2 Å². The molecule has 2 aromatic carbocycles. The molecule has 2 aromatic rings. The van der Waals surface area contributed by atoms with Crippen LogP contribution in [0.1, 0.15) is 24.1 Å². The van der Waals surface area contributed by atoms with Crippen molar-refractivity contribution in [1.29, 1.82) is 0 Å². The fourth-order valence-electron chi connectivity index (χ4n) is 1.92. The predicted octanol–water partition coefficient (Wildman–Crippen LogP) is 6.38. The van der Waals surface area contributed by atoms with Crippen LogP contribution < -0.4 is 5.32 Å². The van der Waals surface area contributed by atoms with E-state index < -0.39 is 0 Å². The minimum Gasteiger partial charge on any atom is -0.377 e. The van der Waals surface area contributed by atoms with Crippen LogP contribution in [0.15, 0.2) is 34.8 Å². The molecule has 0 saturated heterocycles. The lowest BCUT2D eigenvalue weighted by Gasteiger charge is -2.19. The van der Waals surface area contributed by atoms with Gasteiger partial charge in [0.15, 0.2) is 0 Å². The number of nitrogens with one attached hydrogen (secondary N) is 1. The van der Waals surface area contributed by atoms with Crippen molar-refractivity contribution < 1.29 is 4.39 Å². The summed E-state index contributed by atoms with van der Waals surface area (Å²) in [7, 11) is 0. The molecular weight excluding hydrogens is 364 g/mol. The summed E-state index contributed by atoms with van der Waals surface area (Å²) in [5.74, 6) is -0.274. The van der Waals surface area contributed by atoms with Crippen LogP contribution in [-0.4, -0.2) is 0 Å². The fraction of sp³-hybridized carbons (Fsp3) is 0.200. The maximum absolute atomic E-state index is 13.1. The van der Waals surface area contributed by atoms with E-state index in [4.69, 9.17) is 23.2 Å². The van der Waals surface area contributed by atoms with Crippen LogP contribution >= 0.6 is 39.1 Å². The maximum Gasteiger partial charge on any atom is 0.124 e. The lowest BCUT2D eigenvalue weighted by molar-refractivity contribution is 0.625. The predicted molar refractivity (Wildman–Crippen MR) is 87.3 cm³/mol. The van der Waals surface area contributed by atoms with Crippen molar-refractivity contribution in [3.05, 3.63) is 61.8 Å². The van der Waals surface area contributed by atoms with Crippen LogP contribution in [0.3, 0.4) is 0 Å². The van der Waals surface area contributed by atoms with Gasteiger partial charge in [0.2, 0.25) is 0 Å². The summed E-state index contributed by atoms with van der Waals surface area (Å²) >= 11 is 15.7. The summed E-state index contributed by atoms with van der Waals surface area (Å²) in [6, 6.07) is 8.19. The fourth-order valence-corrected chi connectivity index (χ4v) is 3.05. The molecule has 0 aliphatic heterocycles. The third kappa shape index (κ3) is 3.46. The average Bonchev–Trinajstić information content (AvgIpc) is 2.35.